The number of hydrogen-bond donors (Lipinski definition) is 2. The third-order valence-electron chi connectivity index (χ3n) is 4.27. The van der Waals surface area contributed by atoms with Crippen molar-refractivity contribution in [2.45, 2.75) is 19.6 Å². The SMILES string of the molecule is Cc1ccc(CN2C(=O)c3ccccc3N[C@@H]2c2ncc[nH]2)cc1. The van der Waals surface area contributed by atoms with Gasteiger partial charge in [-0.3, -0.25) is 4.79 Å². The van der Waals surface area contributed by atoms with Crippen LogP contribution in [0.2, 0.25) is 0 Å². The first kappa shape index (κ1) is 14.5. The maximum atomic E-state index is 13.0. The maximum absolute atomic E-state index is 13.0. The van der Waals surface area contributed by atoms with E-state index < -0.39 is 0 Å². The summed E-state index contributed by atoms with van der Waals surface area (Å²) in [7, 11) is 0. The highest BCUT2D eigenvalue weighted by Gasteiger charge is 2.34. The van der Waals surface area contributed by atoms with E-state index in [0.29, 0.717) is 12.1 Å². The van der Waals surface area contributed by atoms with Crippen molar-refractivity contribution in [2.75, 3.05) is 5.32 Å². The normalized spacial score (nSPS) is 16.6. The maximum Gasteiger partial charge on any atom is 0.258 e. The molecular formula is C19H18N4O. The van der Waals surface area contributed by atoms with Crippen LogP contribution in [0.1, 0.15) is 33.5 Å². The van der Waals surface area contributed by atoms with E-state index in [9.17, 15) is 4.79 Å². The Morgan fingerprint density at radius 2 is 1.92 bits per heavy atom. The van der Waals surface area contributed by atoms with Gasteiger partial charge < -0.3 is 15.2 Å². The summed E-state index contributed by atoms with van der Waals surface area (Å²) >= 11 is 0. The monoisotopic (exact) mass is 318 g/mol. The number of fused-ring (bicyclic) bond motifs is 1. The molecule has 5 nitrogen and oxygen atoms in total. The number of benzene rings is 2. The Hall–Kier alpha value is -3.08. The molecule has 2 N–H and O–H groups in total. The lowest BCUT2D eigenvalue weighted by Crippen LogP contribution is -2.42. The van der Waals surface area contributed by atoms with Gasteiger partial charge >= 0.3 is 0 Å². The van der Waals surface area contributed by atoms with Crippen LogP contribution in [0.5, 0.6) is 0 Å². The average Bonchev–Trinajstić information content (AvgIpc) is 3.13. The number of nitrogens with one attached hydrogen (secondary N) is 2. The molecule has 2 heterocycles. The molecule has 1 aliphatic rings. The largest absolute Gasteiger partial charge is 0.358 e. The predicted molar refractivity (Wildman–Crippen MR) is 92.4 cm³/mol. The molecule has 0 bridgehead atoms. The summed E-state index contributed by atoms with van der Waals surface area (Å²) in [6, 6.07) is 15.8. The van der Waals surface area contributed by atoms with Gasteiger partial charge in [-0.2, -0.15) is 0 Å². The molecule has 2 aromatic carbocycles. The van der Waals surface area contributed by atoms with E-state index in [4.69, 9.17) is 0 Å². The van der Waals surface area contributed by atoms with Gasteiger partial charge in [-0.1, -0.05) is 42.0 Å². The minimum absolute atomic E-state index is 0.00586. The first-order chi connectivity index (χ1) is 11.7. The van der Waals surface area contributed by atoms with E-state index in [1.165, 1.54) is 5.56 Å². The number of aromatic amines is 1. The average molecular weight is 318 g/mol. The lowest BCUT2D eigenvalue weighted by Gasteiger charge is -2.36. The molecule has 4 rings (SSSR count). The molecule has 5 heteroatoms. The van der Waals surface area contributed by atoms with Crippen molar-refractivity contribution in [3.05, 3.63) is 83.4 Å². The number of H-pyrrole nitrogens is 1. The summed E-state index contributed by atoms with van der Waals surface area (Å²) in [5.74, 6) is 0.733. The van der Waals surface area contributed by atoms with Crippen LogP contribution < -0.4 is 5.32 Å². The Balaban J connectivity index is 1.73. The Bertz CT molecular complexity index is 855. The molecule has 1 atom stereocenters. The zero-order chi connectivity index (χ0) is 16.5. The second-order valence-electron chi connectivity index (χ2n) is 5.99. The highest BCUT2D eigenvalue weighted by Crippen LogP contribution is 2.32. The van der Waals surface area contributed by atoms with E-state index in [0.717, 1.165) is 17.1 Å². The quantitative estimate of drug-likeness (QED) is 0.777. The molecule has 0 unspecified atom stereocenters. The summed E-state index contributed by atoms with van der Waals surface area (Å²) in [5, 5.41) is 3.42. The van der Waals surface area contributed by atoms with Crippen molar-refractivity contribution in [1.82, 2.24) is 14.9 Å². The summed E-state index contributed by atoms with van der Waals surface area (Å²) in [5.41, 5.74) is 3.82. The van der Waals surface area contributed by atoms with Crippen LogP contribution in [0, 0.1) is 6.92 Å². The molecule has 0 fully saturated rings. The van der Waals surface area contributed by atoms with Crippen molar-refractivity contribution in [3.8, 4) is 0 Å². The van der Waals surface area contributed by atoms with Crippen molar-refractivity contribution < 1.29 is 4.79 Å². The van der Waals surface area contributed by atoms with E-state index >= 15 is 0 Å². The highest BCUT2D eigenvalue weighted by atomic mass is 16.2. The Morgan fingerprint density at radius 3 is 2.67 bits per heavy atom. The smallest absolute Gasteiger partial charge is 0.258 e. The van der Waals surface area contributed by atoms with Gasteiger partial charge in [-0.15, -0.1) is 0 Å². The van der Waals surface area contributed by atoms with Gasteiger partial charge in [0.15, 0.2) is 6.17 Å². The molecular weight excluding hydrogens is 300 g/mol. The molecule has 1 amide bonds. The van der Waals surface area contributed by atoms with Gasteiger partial charge in [-0.25, -0.2) is 4.98 Å². The highest BCUT2D eigenvalue weighted by molar-refractivity contribution is 6.01. The molecule has 0 aliphatic carbocycles. The standard InChI is InChI=1S/C19H18N4O/c1-13-6-8-14(9-7-13)12-23-18(17-20-10-11-21-17)22-16-5-3-2-4-15(16)19(23)24/h2-11,18,22H,12H2,1H3,(H,20,21)/t18-/m0/s1. The van der Waals surface area contributed by atoms with E-state index in [2.05, 4.69) is 46.5 Å². The van der Waals surface area contributed by atoms with Gasteiger partial charge in [0.2, 0.25) is 0 Å². The predicted octanol–water partition coefficient (Wildman–Crippen LogP) is 3.48. The number of nitrogens with zero attached hydrogens (tertiary/aromatic N) is 2. The minimum Gasteiger partial charge on any atom is -0.358 e. The van der Waals surface area contributed by atoms with Crippen LogP contribution in [-0.4, -0.2) is 20.8 Å². The number of amides is 1. The fourth-order valence-electron chi connectivity index (χ4n) is 2.99. The van der Waals surface area contributed by atoms with Crippen LogP contribution in [0.15, 0.2) is 60.9 Å². The minimum atomic E-state index is -0.316. The third kappa shape index (κ3) is 2.54. The first-order valence-corrected chi connectivity index (χ1v) is 7.94. The third-order valence-corrected chi connectivity index (χ3v) is 4.27. The zero-order valence-electron chi connectivity index (χ0n) is 13.4. The number of anilines is 1. The number of para-hydroxylation sites is 1. The lowest BCUT2D eigenvalue weighted by atomic mass is 10.1. The molecule has 0 radical (unpaired) electrons. The summed E-state index contributed by atoms with van der Waals surface area (Å²) < 4.78 is 0. The fourth-order valence-corrected chi connectivity index (χ4v) is 2.99. The number of rotatable bonds is 3. The van der Waals surface area contributed by atoms with Crippen molar-refractivity contribution in [3.63, 3.8) is 0 Å². The van der Waals surface area contributed by atoms with Crippen LogP contribution in [0.4, 0.5) is 5.69 Å². The first-order valence-electron chi connectivity index (χ1n) is 7.94. The van der Waals surface area contributed by atoms with E-state index in [1.807, 2.05) is 29.2 Å². The molecule has 0 saturated carbocycles. The fraction of sp³-hybridized carbons (Fsp3) is 0.158. The second-order valence-corrected chi connectivity index (χ2v) is 5.99. The molecule has 1 aliphatic heterocycles. The molecule has 24 heavy (non-hydrogen) atoms. The molecule has 120 valence electrons. The summed E-state index contributed by atoms with van der Waals surface area (Å²) in [4.78, 5) is 22.3. The van der Waals surface area contributed by atoms with Gasteiger partial charge in [0.25, 0.3) is 5.91 Å². The number of aromatic nitrogens is 2. The Labute approximate surface area is 140 Å². The van der Waals surface area contributed by atoms with Gasteiger partial charge in [0, 0.05) is 24.6 Å². The van der Waals surface area contributed by atoms with E-state index in [-0.39, 0.29) is 12.1 Å². The van der Waals surface area contributed by atoms with Crippen LogP contribution in [-0.2, 0) is 6.54 Å². The number of carbonyl (C=O) groups excluding carboxylic acids is 1. The van der Waals surface area contributed by atoms with E-state index in [1.54, 1.807) is 12.4 Å². The molecule has 0 spiro atoms. The second kappa shape index (κ2) is 5.85. The lowest BCUT2D eigenvalue weighted by molar-refractivity contribution is 0.0659. The van der Waals surface area contributed by atoms with Gasteiger partial charge in [-0.05, 0) is 24.6 Å². The molecule has 0 saturated heterocycles. The molecule has 3 aromatic rings. The van der Waals surface area contributed by atoms with Crippen molar-refractivity contribution in [2.24, 2.45) is 0 Å². The van der Waals surface area contributed by atoms with Gasteiger partial charge in [0.1, 0.15) is 5.82 Å². The number of carbonyl (C=O) groups is 1. The van der Waals surface area contributed by atoms with Crippen molar-refractivity contribution >= 4 is 11.6 Å². The number of imidazole rings is 1. The molecule has 1 aromatic heterocycles. The number of aryl methyl sites for hydroxylation is 1. The zero-order valence-corrected chi connectivity index (χ0v) is 13.4. The van der Waals surface area contributed by atoms with Gasteiger partial charge in [0.05, 0.1) is 5.56 Å². The van der Waals surface area contributed by atoms with Crippen LogP contribution >= 0.6 is 0 Å². The summed E-state index contributed by atoms with van der Waals surface area (Å²) in [6.07, 6.45) is 3.15. The Morgan fingerprint density at radius 1 is 1.12 bits per heavy atom. The van der Waals surface area contributed by atoms with Crippen LogP contribution in [0.3, 0.4) is 0 Å². The number of hydrogen-bond acceptors (Lipinski definition) is 3. The van der Waals surface area contributed by atoms with Crippen molar-refractivity contribution in [1.29, 1.82) is 0 Å². The summed E-state index contributed by atoms with van der Waals surface area (Å²) in [6.45, 7) is 2.57. The topological polar surface area (TPSA) is 61.0 Å². The Kier molecular flexibility index (Phi) is 3.54. The van der Waals surface area contributed by atoms with Crippen LogP contribution in [0.25, 0.3) is 0 Å².